The predicted octanol–water partition coefficient (Wildman–Crippen LogP) is 1.25. The molecule has 0 unspecified atom stereocenters. The lowest BCUT2D eigenvalue weighted by atomic mass is 10.1. The molecule has 0 aliphatic carbocycles. The van der Waals surface area contributed by atoms with Gasteiger partial charge in [-0.3, -0.25) is 0 Å². The molecule has 0 saturated heterocycles. The molecule has 0 radical (unpaired) electrons. The third-order valence-electron chi connectivity index (χ3n) is 0.899. The van der Waals surface area contributed by atoms with E-state index < -0.39 is 0 Å². The van der Waals surface area contributed by atoms with Gasteiger partial charge in [0.2, 0.25) is 0 Å². The van der Waals surface area contributed by atoms with E-state index in [0.717, 1.165) is 12.5 Å². The number of hydrogen-bond donors (Lipinski definition) is 1. The second-order valence-electron chi connectivity index (χ2n) is 2.18. The summed E-state index contributed by atoms with van der Waals surface area (Å²) in [6.07, 6.45) is 1.18. The molecule has 2 nitrogen and oxygen atoms in total. The lowest BCUT2D eigenvalue weighted by molar-refractivity contribution is 0.183. The topological polar surface area (TPSA) is 35.2 Å². The van der Waals surface area contributed by atoms with Crippen LogP contribution in [0.5, 0.6) is 0 Å². The van der Waals surface area contributed by atoms with Crippen molar-refractivity contribution in [3.05, 3.63) is 0 Å². The molecule has 0 bridgehead atoms. The Morgan fingerprint density at radius 1 is 1.33 bits per heavy atom. The van der Waals surface area contributed by atoms with Crippen LogP contribution in [-0.2, 0) is 4.74 Å². The maximum absolute atomic E-state index is 4.85. The van der Waals surface area contributed by atoms with Crippen LogP contribution in [0.1, 0.15) is 20.3 Å². The zero-order valence-corrected chi connectivity index (χ0v) is 6.98. The minimum atomic E-state index is 0.778. The Morgan fingerprint density at radius 3 is 1.89 bits per heavy atom. The van der Waals surface area contributed by atoms with Gasteiger partial charge in [-0.25, -0.2) is 0 Å². The van der Waals surface area contributed by atoms with Crippen molar-refractivity contribution in [2.45, 2.75) is 20.3 Å². The molecule has 2 N–H and O–H groups in total. The van der Waals surface area contributed by atoms with Crippen molar-refractivity contribution in [2.24, 2.45) is 11.7 Å². The highest BCUT2D eigenvalue weighted by Crippen LogP contribution is 1.96. The van der Waals surface area contributed by atoms with E-state index in [1.165, 1.54) is 13.5 Å². The highest BCUT2D eigenvalue weighted by molar-refractivity contribution is 4.40. The molecule has 2 heteroatoms. The van der Waals surface area contributed by atoms with E-state index in [1.54, 1.807) is 7.11 Å². The second kappa shape index (κ2) is 10.8. The van der Waals surface area contributed by atoms with Crippen molar-refractivity contribution < 1.29 is 4.74 Å². The third kappa shape index (κ3) is 18.1. The molecule has 0 rings (SSSR count). The summed E-state index contributed by atoms with van der Waals surface area (Å²) >= 11 is 0. The van der Waals surface area contributed by atoms with Crippen LogP contribution < -0.4 is 5.73 Å². The summed E-state index contributed by atoms with van der Waals surface area (Å²) in [5.74, 6) is 0.778. The van der Waals surface area contributed by atoms with Gasteiger partial charge in [0.1, 0.15) is 0 Å². The molecule has 0 amide bonds. The average molecular weight is 133 g/mol. The van der Waals surface area contributed by atoms with Crippen LogP contribution in [0.3, 0.4) is 0 Å². The van der Waals surface area contributed by atoms with Crippen LogP contribution in [0.2, 0.25) is 0 Å². The third-order valence-corrected chi connectivity index (χ3v) is 0.899. The first kappa shape index (κ1) is 11.7. The average Bonchev–Trinajstić information content (AvgIpc) is 1.88. The standard InChI is InChI=1S/C6H14O.CH5N/c1-6(2)4-5-7-3;1-2/h6H,4-5H2,1-3H3;2H2,1H3. The molecule has 0 heterocycles. The number of nitrogens with two attached hydrogens (primary N) is 1. The van der Waals surface area contributed by atoms with Gasteiger partial charge in [0.15, 0.2) is 0 Å². The highest BCUT2D eigenvalue weighted by Gasteiger charge is 1.89. The van der Waals surface area contributed by atoms with Crippen LogP contribution >= 0.6 is 0 Å². The molecule has 0 aromatic heterocycles. The first-order chi connectivity index (χ1) is 4.27. The summed E-state index contributed by atoms with van der Waals surface area (Å²) in [5, 5.41) is 0. The van der Waals surface area contributed by atoms with Gasteiger partial charge in [0, 0.05) is 13.7 Å². The van der Waals surface area contributed by atoms with Crippen LogP contribution in [0.25, 0.3) is 0 Å². The Bertz CT molecular complexity index is 37.9. The summed E-state index contributed by atoms with van der Waals surface area (Å²) in [6, 6.07) is 0. The number of methoxy groups -OCH3 is 1. The summed E-state index contributed by atoms with van der Waals surface area (Å²) < 4.78 is 4.85. The first-order valence-corrected chi connectivity index (χ1v) is 3.34. The van der Waals surface area contributed by atoms with Gasteiger partial charge < -0.3 is 10.5 Å². The first-order valence-electron chi connectivity index (χ1n) is 3.34. The molecule has 0 spiro atoms. The molecular weight excluding hydrogens is 114 g/mol. The van der Waals surface area contributed by atoms with Crippen molar-refractivity contribution >= 4 is 0 Å². The summed E-state index contributed by atoms with van der Waals surface area (Å²) in [6.45, 7) is 5.29. The van der Waals surface area contributed by atoms with Crippen LogP contribution in [0, 0.1) is 5.92 Å². The van der Waals surface area contributed by atoms with Gasteiger partial charge in [-0.05, 0) is 19.4 Å². The van der Waals surface area contributed by atoms with E-state index in [-0.39, 0.29) is 0 Å². The lowest BCUT2D eigenvalue weighted by Gasteiger charge is -1.99. The van der Waals surface area contributed by atoms with E-state index in [1.807, 2.05) is 0 Å². The predicted molar refractivity (Wildman–Crippen MR) is 41.4 cm³/mol. The van der Waals surface area contributed by atoms with Crippen molar-refractivity contribution in [3.8, 4) is 0 Å². The normalized spacial score (nSPS) is 8.67. The quantitative estimate of drug-likeness (QED) is 0.629. The summed E-state index contributed by atoms with van der Waals surface area (Å²) in [5.41, 5.74) is 4.50. The summed E-state index contributed by atoms with van der Waals surface area (Å²) in [7, 11) is 3.24. The maximum atomic E-state index is 4.85. The molecule has 0 aliphatic heterocycles. The number of rotatable bonds is 3. The zero-order chi connectivity index (χ0) is 7.70. The fraction of sp³-hybridized carbons (Fsp3) is 1.00. The minimum Gasteiger partial charge on any atom is -0.385 e. The Kier molecular flexibility index (Phi) is 14.0. The maximum Gasteiger partial charge on any atom is 0.0464 e. The van der Waals surface area contributed by atoms with Crippen LogP contribution in [0.4, 0.5) is 0 Å². The number of hydrogen-bond acceptors (Lipinski definition) is 2. The zero-order valence-electron chi connectivity index (χ0n) is 6.98. The molecular formula is C7H19NO. The van der Waals surface area contributed by atoms with Gasteiger partial charge in [-0.15, -0.1) is 0 Å². The molecule has 0 aliphatic rings. The fourth-order valence-electron chi connectivity index (χ4n) is 0.354. The van der Waals surface area contributed by atoms with E-state index in [0.29, 0.717) is 0 Å². The van der Waals surface area contributed by atoms with E-state index in [2.05, 4.69) is 19.6 Å². The van der Waals surface area contributed by atoms with Crippen molar-refractivity contribution in [1.82, 2.24) is 0 Å². The monoisotopic (exact) mass is 133 g/mol. The summed E-state index contributed by atoms with van der Waals surface area (Å²) in [4.78, 5) is 0. The van der Waals surface area contributed by atoms with Gasteiger partial charge in [-0.2, -0.15) is 0 Å². The van der Waals surface area contributed by atoms with Crippen molar-refractivity contribution in [1.29, 1.82) is 0 Å². The van der Waals surface area contributed by atoms with Gasteiger partial charge in [0.05, 0.1) is 0 Å². The van der Waals surface area contributed by atoms with E-state index in [9.17, 15) is 0 Å². The Labute approximate surface area is 58.4 Å². The molecule has 0 aromatic rings. The minimum absolute atomic E-state index is 0.778. The van der Waals surface area contributed by atoms with E-state index >= 15 is 0 Å². The van der Waals surface area contributed by atoms with Crippen LogP contribution in [0.15, 0.2) is 0 Å². The second-order valence-corrected chi connectivity index (χ2v) is 2.18. The number of ether oxygens (including phenoxy) is 1. The Hall–Kier alpha value is -0.0800. The van der Waals surface area contributed by atoms with Crippen molar-refractivity contribution in [2.75, 3.05) is 20.8 Å². The SMILES string of the molecule is CN.COCCC(C)C. The van der Waals surface area contributed by atoms with Gasteiger partial charge in [-0.1, -0.05) is 13.8 Å². The largest absolute Gasteiger partial charge is 0.385 e. The molecule has 0 aromatic carbocycles. The Morgan fingerprint density at radius 2 is 1.78 bits per heavy atom. The Balaban J connectivity index is 0. The van der Waals surface area contributed by atoms with Crippen LogP contribution in [-0.4, -0.2) is 20.8 Å². The molecule has 0 saturated carbocycles. The smallest absolute Gasteiger partial charge is 0.0464 e. The highest BCUT2D eigenvalue weighted by atomic mass is 16.5. The lowest BCUT2D eigenvalue weighted by Crippen LogP contribution is -1.93. The molecule has 0 fully saturated rings. The fourth-order valence-corrected chi connectivity index (χ4v) is 0.354. The van der Waals surface area contributed by atoms with Gasteiger partial charge in [0.25, 0.3) is 0 Å². The van der Waals surface area contributed by atoms with E-state index in [4.69, 9.17) is 4.74 Å². The van der Waals surface area contributed by atoms with Gasteiger partial charge >= 0.3 is 0 Å². The molecule has 58 valence electrons. The van der Waals surface area contributed by atoms with Crippen molar-refractivity contribution in [3.63, 3.8) is 0 Å². The molecule has 0 atom stereocenters. The molecule has 9 heavy (non-hydrogen) atoms.